The summed E-state index contributed by atoms with van der Waals surface area (Å²) >= 11 is 0. The van der Waals surface area contributed by atoms with Gasteiger partial charge in [-0.05, 0) is 19.8 Å². The summed E-state index contributed by atoms with van der Waals surface area (Å²) in [6.07, 6.45) is 1.78. The van der Waals surface area contributed by atoms with Gasteiger partial charge in [0.2, 0.25) is 5.91 Å². The zero-order chi connectivity index (χ0) is 12.0. The molecule has 2 N–H and O–H groups in total. The van der Waals surface area contributed by atoms with Gasteiger partial charge in [0, 0.05) is 25.6 Å². The molecule has 0 aromatic carbocycles. The molecule has 1 fully saturated rings. The van der Waals surface area contributed by atoms with Gasteiger partial charge in [-0.3, -0.25) is 4.79 Å². The first-order valence-corrected chi connectivity index (χ1v) is 7.56. The van der Waals surface area contributed by atoms with Crippen molar-refractivity contribution in [2.24, 2.45) is 0 Å². The molecule has 16 heavy (non-hydrogen) atoms. The minimum Gasteiger partial charge on any atom is -0.356 e. The van der Waals surface area contributed by atoms with Crippen LogP contribution in [-0.2, 0) is 14.6 Å². The molecule has 1 aliphatic heterocycles. The van der Waals surface area contributed by atoms with Crippen LogP contribution in [-0.4, -0.2) is 45.0 Å². The highest BCUT2D eigenvalue weighted by Crippen LogP contribution is 2.11. The second kappa shape index (κ2) is 6.20. The Morgan fingerprint density at radius 3 is 2.50 bits per heavy atom. The summed E-state index contributed by atoms with van der Waals surface area (Å²) in [5, 5.41) is 5.94. The van der Waals surface area contributed by atoms with Gasteiger partial charge >= 0.3 is 0 Å². The fraction of sp³-hybridized carbons (Fsp3) is 0.900. The van der Waals surface area contributed by atoms with E-state index in [1.165, 1.54) is 0 Å². The quantitative estimate of drug-likeness (QED) is 0.699. The molecule has 0 saturated carbocycles. The van der Waals surface area contributed by atoms with Gasteiger partial charge in [-0.1, -0.05) is 0 Å². The second-order valence-corrected chi connectivity index (χ2v) is 6.39. The minimum absolute atomic E-state index is 0.0402. The van der Waals surface area contributed by atoms with Crippen LogP contribution in [0.3, 0.4) is 0 Å². The third-order valence-corrected chi connectivity index (χ3v) is 4.43. The van der Waals surface area contributed by atoms with E-state index in [4.69, 9.17) is 0 Å². The van der Waals surface area contributed by atoms with Crippen molar-refractivity contribution in [1.82, 2.24) is 10.6 Å². The van der Waals surface area contributed by atoms with Crippen LogP contribution in [0.15, 0.2) is 0 Å². The van der Waals surface area contributed by atoms with Crippen LogP contribution in [0.25, 0.3) is 0 Å². The van der Waals surface area contributed by atoms with E-state index in [1.54, 1.807) is 0 Å². The van der Waals surface area contributed by atoms with Crippen LogP contribution in [0.1, 0.15) is 26.2 Å². The summed E-state index contributed by atoms with van der Waals surface area (Å²) in [6, 6.07) is 0.248. The molecule has 5 nitrogen and oxygen atoms in total. The molecule has 0 bridgehead atoms. The fourth-order valence-electron chi connectivity index (χ4n) is 1.77. The van der Waals surface area contributed by atoms with Gasteiger partial charge in [0.05, 0.1) is 11.5 Å². The summed E-state index contributed by atoms with van der Waals surface area (Å²) in [5.41, 5.74) is 0. The molecule has 0 radical (unpaired) electrons. The minimum atomic E-state index is -2.78. The number of nitrogens with one attached hydrogen (secondary N) is 2. The number of hydrogen-bond donors (Lipinski definition) is 2. The first-order valence-electron chi connectivity index (χ1n) is 5.74. The maximum Gasteiger partial charge on any atom is 0.221 e. The maximum absolute atomic E-state index is 11.2. The van der Waals surface area contributed by atoms with Gasteiger partial charge in [0.1, 0.15) is 9.84 Å². The molecule has 1 aliphatic rings. The van der Waals surface area contributed by atoms with Crippen LogP contribution < -0.4 is 10.6 Å². The summed E-state index contributed by atoms with van der Waals surface area (Å²) in [6.45, 7) is 3.16. The van der Waals surface area contributed by atoms with E-state index in [0.29, 0.717) is 32.4 Å². The van der Waals surface area contributed by atoms with E-state index in [1.807, 2.05) is 6.92 Å². The van der Waals surface area contributed by atoms with Crippen LogP contribution in [0.5, 0.6) is 0 Å². The summed E-state index contributed by atoms with van der Waals surface area (Å²) in [4.78, 5) is 11.1. The van der Waals surface area contributed by atoms with Gasteiger partial charge in [0.15, 0.2) is 0 Å². The lowest BCUT2D eigenvalue weighted by atomic mass is 10.1. The zero-order valence-corrected chi connectivity index (χ0v) is 10.5. The van der Waals surface area contributed by atoms with E-state index in [9.17, 15) is 13.2 Å². The van der Waals surface area contributed by atoms with Crippen molar-refractivity contribution in [1.29, 1.82) is 0 Å². The molecular formula is C10H20N2O3S. The van der Waals surface area contributed by atoms with Crippen LogP contribution in [0.2, 0.25) is 0 Å². The second-order valence-electron chi connectivity index (χ2n) is 4.08. The molecular weight excluding hydrogens is 228 g/mol. The smallest absolute Gasteiger partial charge is 0.221 e. The molecule has 1 heterocycles. The van der Waals surface area contributed by atoms with E-state index in [2.05, 4.69) is 10.6 Å². The molecule has 0 atom stereocenters. The van der Waals surface area contributed by atoms with Crippen molar-refractivity contribution in [3.05, 3.63) is 0 Å². The van der Waals surface area contributed by atoms with Gasteiger partial charge in [-0.2, -0.15) is 0 Å². The standard InChI is InChI=1S/C10H20N2O3S/c1-2-11-10(13)3-6-12-9-4-7-16(14,15)8-5-9/h9,12H,2-8H2,1H3,(H,11,13). The monoisotopic (exact) mass is 248 g/mol. The molecule has 0 aromatic rings. The molecule has 1 amide bonds. The predicted octanol–water partition coefficient (Wildman–Crippen LogP) is -0.321. The first-order chi connectivity index (χ1) is 7.53. The van der Waals surface area contributed by atoms with Crippen molar-refractivity contribution in [3.63, 3.8) is 0 Å². The van der Waals surface area contributed by atoms with Crippen molar-refractivity contribution < 1.29 is 13.2 Å². The highest BCUT2D eigenvalue weighted by molar-refractivity contribution is 7.91. The lowest BCUT2D eigenvalue weighted by molar-refractivity contribution is -0.120. The Morgan fingerprint density at radius 1 is 1.31 bits per heavy atom. The average Bonchev–Trinajstić information content (AvgIpc) is 2.21. The highest BCUT2D eigenvalue weighted by Gasteiger charge is 2.22. The van der Waals surface area contributed by atoms with Crippen molar-refractivity contribution >= 4 is 15.7 Å². The number of carbonyl (C=O) groups is 1. The Balaban J connectivity index is 2.13. The van der Waals surface area contributed by atoms with Crippen LogP contribution >= 0.6 is 0 Å². The Hall–Kier alpha value is -0.620. The lowest BCUT2D eigenvalue weighted by Crippen LogP contribution is -2.39. The first kappa shape index (κ1) is 13.4. The number of rotatable bonds is 5. The summed E-state index contributed by atoms with van der Waals surface area (Å²) in [5.74, 6) is 0.580. The van der Waals surface area contributed by atoms with Crippen molar-refractivity contribution in [2.45, 2.75) is 32.2 Å². The molecule has 1 rings (SSSR count). The normalized spacial score (nSPS) is 20.6. The molecule has 94 valence electrons. The van der Waals surface area contributed by atoms with Crippen molar-refractivity contribution in [3.8, 4) is 0 Å². The topological polar surface area (TPSA) is 75.3 Å². The van der Waals surface area contributed by atoms with Gasteiger partial charge < -0.3 is 10.6 Å². The van der Waals surface area contributed by atoms with E-state index >= 15 is 0 Å². The number of hydrogen-bond acceptors (Lipinski definition) is 4. The molecule has 6 heteroatoms. The average molecular weight is 248 g/mol. The van der Waals surface area contributed by atoms with Crippen molar-refractivity contribution in [2.75, 3.05) is 24.6 Å². The largest absolute Gasteiger partial charge is 0.356 e. The van der Waals surface area contributed by atoms with E-state index < -0.39 is 9.84 Å². The zero-order valence-electron chi connectivity index (χ0n) is 9.66. The Kier molecular flexibility index (Phi) is 5.21. The molecule has 0 spiro atoms. The number of carbonyl (C=O) groups excluding carboxylic acids is 1. The van der Waals surface area contributed by atoms with Gasteiger partial charge in [-0.15, -0.1) is 0 Å². The third-order valence-electron chi connectivity index (χ3n) is 2.71. The lowest BCUT2D eigenvalue weighted by Gasteiger charge is -2.22. The molecule has 0 aliphatic carbocycles. The Labute approximate surface area is 96.9 Å². The van der Waals surface area contributed by atoms with Gasteiger partial charge in [-0.25, -0.2) is 8.42 Å². The third kappa shape index (κ3) is 4.94. The Bertz CT molecular complexity index is 313. The summed E-state index contributed by atoms with van der Waals surface area (Å²) in [7, 11) is -2.78. The predicted molar refractivity (Wildman–Crippen MR) is 63.0 cm³/mol. The SMILES string of the molecule is CCNC(=O)CCNC1CCS(=O)(=O)CC1. The van der Waals surface area contributed by atoms with E-state index in [-0.39, 0.29) is 23.5 Å². The maximum atomic E-state index is 11.2. The van der Waals surface area contributed by atoms with E-state index in [0.717, 1.165) is 0 Å². The fourth-order valence-corrected chi connectivity index (χ4v) is 3.26. The van der Waals surface area contributed by atoms with Crippen LogP contribution in [0.4, 0.5) is 0 Å². The van der Waals surface area contributed by atoms with Gasteiger partial charge in [0.25, 0.3) is 0 Å². The number of amides is 1. The molecule has 0 unspecified atom stereocenters. The highest BCUT2D eigenvalue weighted by atomic mass is 32.2. The van der Waals surface area contributed by atoms with Crippen LogP contribution in [0, 0.1) is 0 Å². The molecule has 0 aromatic heterocycles. The Morgan fingerprint density at radius 2 is 1.94 bits per heavy atom. The number of sulfone groups is 1. The summed E-state index contributed by atoms with van der Waals surface area (Å²) < 4.78 is 22.3. The molecule has 1 saturated heterocycles.